The molecule has 2 atom stereocenters. The Bertz CT molecular complexity index is 866. The first-order valence-electron chi connectivity index (χ1n) is 9.04. The van der Waals surface area contributed by atoms with Crippen LogP contribution in [0.2, 0.25) is 0 Å². The van der Waals surface area contributed by atoms with Gasteiger partial charge in [-0.25, -0.2) is 0 Å². The summed E-state index contributed by atoms with van der Waals surface area (Å²) in [6.45, 7) is 5.36. The Morgan fingerprint density at radius 2 is 1.96 bits per heavy atom. The van der Waals surface area contributed by atoms with Crippen LogP contribution in [0.3, 0.4) is 0 Å². The van der Waals surface area contributed by atoms with Crippen molar-refractivity contribution in [2.45, 2.75) is 39.3 Å². The number of amides is 2. The smallest absolute Gasteiger partial charge is 0.249 e. The highest BCUT2D eigenvalue weighted by molar-refractivity contribution is 6.01. The standard InChI is InChI=1S/C21H25N3O3/c1-13-11-16-7-5-6-8-19(16)24(13)21(26)14(2)22-17-9-10-18(23-15(3)25)20(12-17)27-4/h5-10,12-14,22H,11H2,1-4H3,(H,23,25)/t13-,14-/m1/s1. The van der Waals surface area contributed by atoms with Gasteiger partial charge in [0, 0.05) is 30.4 Å². The van der Waals surface area contributed by atoms with Crippen LogP contribution < -0.4 is 20.3 Å². The van der Waals surface area contributed by atoms with E-state index in [0.717, 1.165) is 17.8 Å². The maximum Gasteiger partial charge on any atom is 0.249 e. The molecule has 27 heavy (non-hydrogen) atoms. The van der Waals surface area contributed by atoms with Crippen molar-refractivity contribution in [1.82, 2.24) is 0 Å². The van der Waals surface area contributed by atoms with E-state index in [0.29, 0.717) is 11.4 Å². The second kappa shape index (κ2) is 7.70. The Hall–Kier alpha value is -3.02. The van der Waals surface area contributed by atoms with Gasteiger partial charge in [0.05, 0.1) is 12.8 Å². The molecule has 6 heteroatoms. The van der Waals surface area contributed by atoms with Crippen molar-refractivity contribution in [3.05, 3.63) is 48.0 Å². The zero-order valence-electron chi connectivity index (χ0n) is 16.1. The number of fused-ring (bicyclic) bond motifs is 1. The third-order valence-electron chi connectivity index (χ3n) is 4.71. The van der Waals surface area contributed by atoms with E-state index in [-0.39, 0.29) is 17.9 Å². The molecular formula is C21H25N3O3. The van der Waals surface area contributed by atoms with E-state index < -0.39 is 6.04 Å². The minimum atomic E-state index is -0.407. The van der Waals surface area contributed by atoms with E-state index in [9.17, 15) is 9.59 Å². The van der Waals surface area contributed by atoms with Gasteiger partial charge < -0.3 is 20.3 Å². The lowest BCUT2D eigenvalue weighted by molar-refractivity contribution is -0.119. The van der Waals surface area contributed by atoms with Crippen LogP contribution in [0.4, 0.5) is 17.1 Å². The number of para-hydroxylation sites is 1. The van der Waals surface area contributed by atoms with Gasteiger partial charge in [-0.2, -0.15) is 0 Å². The lowest BCUT2D eigenvalue weighted by Crippen LogP contribution is -2.44. The van der Waals surface area contributed by atoms with Gasteiger partial charge in [-0.05, 0) is 44.0 Å². The molecule has 0 unspecified atom stereocenters. The molecule has 142 valence electrons. The largest absolute Gasteiger partial charge is 0.494 e. The number of carbonyl (C=O) groups excluding carboxylic acids is 2. The van der Waals surface area contributed by atoms with E-state index in [2.05, 4.69) is 23.6 Å². The normalized spacial score (nSPS) is 16.4. The number of hydrogen-bond acceptors (Lipinski definition) is 4. The number of nitrogens with zero attached hydrogens (tertiary/aromatic N) is 1. The highest BCUT2D eigenvalue weighted by Crippen LogP contribution is 2.33. The highest BCUT2D eigenvalue weighted by atomic mass is 16.5. The van der Waals surface area contributed by atoms with Crippen LogP contribution in [0.15, 0.2) is 42.5 Å². The number of carbonyl (C=O) groups is 2. The molecule has 0 saturated carbocycles. The molecule has 1 heterocycles. The molecule has 1 aliphatic heterocycles. The zero-order chi connectivity index (χ0) is 19.6. The summed E-state index contributed by atoms with van der Waals surface area (Å²) >= 11 is 0. The molecule has 0 fully saturated rings. The average Bonchev–Trinajstić information content (AvgIpc) is 2.97. The summed E-state index contributed by atoms with van der Waals surface area (Å²) in [5.74, 6) is 0.395. The van der Waals surface area contributed by atoms with Crippen molar-refractivity contribution < 1.29 is 14.3 Å². The first-order chi connectivity index (χ1) is 12.9. The van der Waals surface area contributed by atoms with E-state index in [1.807, 2.05) is 36.1 Å². The molecule has 2 N–H and O–H groups in total. The Kier molecular flexibility index (Phi) is 5.35. The van der Waals surface area contributed by atoms with Crippen LogP contribution in [0, 0.1) is 0 Å². The fourth-order valence-electron chi connectivity index (χ4n) is 3.50. The van der Waals surface area contributed by atoms with Crippen LogP contribution in [-0.2, 0) is 16.0 Å². The molecule has 0 aliphatic carbocycles. The van der Waals surface area contributed by atoms with Gasteiger partial charge >= 0.3 is 0 Å². The summed E-state index contributed by atoms with van der Waals surface area (Å²) < 4.78 is 5.34. The molecular weight excluding hydrogens is 342 g/mol. The Balaban J connectivity index is 1.76. The predicted octanol–water partition coefficient (Wildman–Crippen LogP) is 3.43. The molecule has 0 spiro atoms. The van der Waals surface area contributed by atoms with E-state index in [1.165, 1.54) is 12.5 Å². The van der Waals surface area contributed by atoms with E-state index >= 15 is 0 Å². The fraction of sp³-hybridized carbons (Fsp3) is 0.333. The van der Waals surface area contributed by atoms with Gasteiger partial charge in [-0.1, -0.05) is 18.2 Å². The number of methoxy groups -OCH3 is 1. The van der Waals surface area contributed by atoms with Crippen molar-refractivity contribution in [2.75, 3.05) is 22.6 Å². The van der Waals surface area contributed by atoms with Crippen molar-refractivity contribution in [3.63, 3.8) is 0 Å². The van der Waals surface area contributed by atoms with Gasteiger partial charge in [-0.15, -0.1) is 0 Å². The Morgan fingerprint density at radius 1 is 1.22 bits per heavy atom. The molecule has 2 aromatic rings. The lowest BCUT2D eigenvalue weighted by atomic mass is 10.1. The molecule has 6 nitrogen and oxygen atoms in total. The summed E-state index contributed by atoms with van der Waals surface area (Å²) in [5, 5.41) is 5.96. The van der Waals surface area contributed by atoms with Gasteiger partial charge in [0.2, 0.25) is 11.8 Å². The van der Waals surface area contributed by atoms with Crippen LogP contribution in [0.25, 0.3) is 0 Å². The second-order valence-corrected chi connectivity index (χ2v) is 6.85. The van der Waals surface area contributed by atoms with Gasteiger partial charge in [0.25, 0.3) is 0 Å². The second-order valence-electron chi connectivity index (χ2n) is 6.85. The molecule has 0 bridgehead atoms. The molecule has 2 aromatic carbocycles. The fourth-order valence-corrected chi connectivity index (χ4v) is 3.50. The summed E-state index contributed by atoms with van der Waals surface area (Å²) in [5.41, 5.74) is 3.53. The van der Waals surface area contributed by atoms with Gasteiger partial charge in [0.1, 0.15) is 11.8 Å². The highest BCUT2D eigenvalue weighted by Gasteiger charge is 2.33. The first kappa shape index (κ1) is 18.8. The number of ether oxygens (including phenoxy) is 1. The number of nitrogens with one attached hydrogen (secondary N) is 2. The summed E-state index contributed by atoms with van der Waals surface area (Å²) in [7, 11) is 1.54. The molecule has 1 aliphatic rings. The third-order valence-corrected chi connectivity index (χ3v) is 4.71. The van der Waals surface area contributed by atoms with Crippen LogP contribution in [0.5, 0.6) is 5.75 Å². The van der Waals surface area contributed by atoms with Gasteiger partial charge in [0.15, 0.2) is 0 Å². The van der Waals surface area contributed by atoms with Crippen molar-refractivity contribution in [1.29, 1.82) is 0 Å². The maximum absolute atomic E-state index is 13.1. The first-order valence-corrected chi connectivity index (χ1v) is 9.04. The van der Waals surface area contributed by atoms with Crippen LogP contribution >= 0.6 is 0 Å². The molecule has 0 radical (unpaired) electrons. The minimum Gasteiger partial charge on any atom is -0.494 e. The summed E-state index contributed by atoms with van der Waals surface area (Å²) in [6.07, 6.45) is 0.869. The quantitative estimate of drug-likeness (QED) is 0.849. The number of benzene rings is 2. The number of hydrogen-bond donors (Lipinski definition) is 2. The zero-order valence-corrected chi connectivity index (χ0v) is 16.1. The van der Waals surface area contributed by atoms with Crippen molar-refractivity contribution >= 4 is 28.9 Å². The summed E-state index contributed by atoms with van der Waals surface area (Å²) in [6, 6.07) is 13.1. The lowest BCUT2D eigenvalue weighted by Gasteiger charge is -2.27. The topological polar surface area (TPSA) is 70.7 Å². The third kappa shape index (κ3) is 3.89. The summed E-state index contributed by atoms with van der Waals surface area (Å²) in [4.78, 5) is 26.2. The Morgan fingerprint density at radius 3 is 2.67 bits per heavy atom. The minimum absolute atomic E-state index is 0.0253. The van der Waals surface area contributed by atoms with Gasteiger partial charge in [-0.3, -0.25) is 9.59 Å². The Labute approximate surface area is 159 Å². The molecule has 2 amide bonds. The van der Waals surface area contributed by atoms with E-state index in [4.69, 9.17) is 4.74 Å². The van der Waals surface area contributed by atoms with Crippen LogP contribution in [0.1, 0.15) is 26.3 Å². The SMILES string of the molecule is COc1cc(N[C@H](C)C(=O)N2c3ccccc3C[C@H]2C)ccc1NC(C)=O. The maximum atomic E-state index is 13.1. The predicted molar refractivity (Wildman–Crippen MR) is 107 cm³/mol. The molecule has 0 aromatic heterocycles. The van der Waals surface area contributed by atoms with Crippen molar-refractivity contribution in [2.24, 2.45) is 0 Å². The van der Waals surface area contributed by atoms with Crippen molar-refractivity contribution in [3.8, 4) is 5.75 Å². The number of anilines is 3. The number of rotatable bonds is 5. The molecule has 0 saturated heterocycles. The van der Waals surface area contributed by atoms with Crippen LogP contribution in [-0.4, -0.2) is 31.0 Å². The molecule has 3 rings (SSSR count). The van der Waals surface area contributed by atoms with E-state index in [1.54, 1.807) is 19.2 Å². The average molecular weight is 367 g/mol. The monoisotopic (exact) mass is 367 g/mol.